The predicted molar refractivity (Wildman–Crippen MR) is 75.6 cm³/mol. The van der Waals surface area contributed by atoms with Crippen molar-refractivity contribution in [1.29, 1.82) is 0 Å². The SMILES string of the molecule is NC(CS)=NCCC12CC3CC(CC(C3)C1)C2. The highest BCUT2D eigenvalue weighted by Gasteiger charge is 2.50. The van der Waals surface area contributed by atoms with Crippen molar-refractivity contribution in [1.82, 2.24) is 0 Å². The van der Waals surface area contributed by atoms with Gasteiger partial charge in [-0.1, -0.05) is 0 Å². The average molecular weight is 252 g/mol. The van der Waals surface area contributed by atoms with Crippen LogP contribution in [-0.4, -0.2) is 18.1 Å². The number of amidine groups is 1. The molecule has 4 rings (SSSR count). The molecule has 4 aliphatic rings. The van der Waals surface area contributed by atoms with Gasteiger partial charge in [-0.25, -0.2) is 0 Å². The molecule has 0 aliphatic heterocycles. The Morgan fingerprint density at radius 3 is 2.12 bits per heavy atom. The molecule has 0 amide bonds. The van der Waals surface area contributed by atoms with E-state index in [1.165, 1.54) is 44.9 Å². The molecule has 4 fully saturated rings. The Morgan fingerprint density at radius 1 is 1.12 bits per heavy atom. The van der Waals surface area contributed by atoms with Gasteiger partial charge >= 0.3 is 0 Å². The number of rotatable bonds is 4. The lowest BCUT2D eigenvalue weighted by Gasteiger charge is -2.57. The molecule has 4 bridgehead atoms. The van der Waals surface area contributed by atoms with E-state index in [0.717, 1.165) is 24.3 Å². The summed E-state index contributed by atoms with van der Waals surface area (Å²) < 4.78 is 0. The van der Waals surface area contributed by atoms with Gasteiger partial charge in [0, 0.05) is 12.3 Å². The summed E-state index contributed by atoms with van der Waals surface area (Å²) in [7, 11) is 0. The Balaban J connectivity index is 1.62. The fraction of sp³-hybridized carbons (Fsp3) is 0.929. The number of hydrogen-bond donors (Lipinski definition) is 2. The van der Waals surface area contributed by atoms with Crippen molar-refractivity contribution in [2.24, 2.45) is 33.9 Å². The highest BCUT2D eigenvalue weighted by molar-refractivity contribution is 7.81. The molecule has 0 aromatic rings. The molecule has 4 aliphatic carbocycles. The number of aliphatic imine (C=N–C) groups is 1. The van der Waals surface area contributed by atoms with Crippen molar-refractivity contribution in [2.75, 3.05) is 12.3 Å². The van der Waals surface area contributed by atoms with Gasteiger partial charge in [0.1, 0.15) is 5.84 Å². The minimum absolute atomic E-state index is 0.598. The summed E-state index contributed by atoms with van der Waals surface area (Å²) in [5, 5.41) is 0. The molecule has 2 nitrogen and oxygen atoms in total. The molecule has 0 spiro atoms. The lowest BCUT2D eigenvalue weighted by Crippen LogP contribution is -2.46. The lowest BCUT2D eigenvalue weighted by atomic mass is 9.49. The molecule has 96 valence electrons. The summed E-state index contributed by atoms with van der Waals surface area (Å²) in [5.41, 5.74) is 6.37. The Labute approximate surface area is 110 Å². The Morgan fingerprint density at radius 2 is 1.65 bits per heavy atom. The standard InChI is InChI=1S/C14H24N2S/c15-13(9-17)16-2-1-14-6-10-3-11(7-14)5-12(4-10)8-14/h10-12,17H,1-9H2,(H2,15,16). The molecule has 0 atom stereocenters. The molecule has 17 heavy (non-hydrogen) atoms. The van der Waals surface area contributed by atoms with Crippen LogP contribution in [0.25, 0.3) is 0 Å². The zero-order chi connectivity index (χ0) is 11.9. The van der Waals surface area contributed by atoms with Gasteiger partial charge in [-0.3, -0.25) is 4.99 Å². The quantitative estimate of drug-likeness (QED) is 0.451. The van der Waals surface area contributed by atoms with Crippen molar-refractivity contribution in [3.8, 4) is 0 Å². The van der Waals surface area contributed by atoms with E-state index in [1.54, 1.807) is 0 Å². The predicted octanol–water partition coefficient (Wildman–Crippen LogP) is 2.88. The number of nitrogens with two attached hydrogens (primary N) is 1. The third-order valence-corrected chi connectivity index (χ3v) is 5.61. The van der Waals surface area contributed by atoms with Gasteiger partial charge < -0.3 is 5.73 Å². The van der Waals surface area contributed by atoms with Crippen LogP contribution >= 0.6 is 12.6 Å². The molecule has 3 heteroatoms. The first-order chi connectivity index (χ1) is 8.19. The second-order valence-electron chi connectivity index (χ2n) is 6.70. The Hall–Kier alpha value is -0.180. The normalized spacial score (nSPS) is 44.3. The van der Waals surface area contributed by atoms with Crippen LogP contribution in [0.2, 0.25) is 0 Å². The summed E-state index contributed by atoms with van der Waals surface area (Å²) >= 11 is 4.15. The van der Waals surface area contributed by atoms with E-state index in [2.05, 4.69) is 17.6 Å². The van der Waals surface area contributed by atoms with E-state index in [0.29, 0.717) is 17.0 Å². The van der Waals surface area contributed by atoms with Crippen LogP contribution in [-0.2, 0) is 0 Å². The van der Waals surface area contributed by atoms with Crippen molar-refractivity contribution in [2.45, 2.75) is 44.9 Å². The van der Waals surface area contributed by atoms with Crippen molar-refractivity contribution in [3.05, 3.63) is 0 Å². The van der Waals surface area contributed by atoms with Gasteiger partial charge in [-0.15, -0.1) is 0 Å². The maximum absolute atomic E-state index is 5.72. The van der Waals surface area contributed by atoms with E-state index in [9.17, 15) is 0 Å². The van der Waals surface area contributed by atoms with Crippen LogP contribution in [0.1, 0.15) is 44.9 Å². The monoisotopic (exact) mass is 252 g/mol. The zero-order valence-electron chi connectivity index (χ0n) is 10.6. The first-order valence-electron chi connectivity index (χ1n) is 7.09. The van der Waals surface area contributed by atoms with Crippen molar-refractivity contribution >= 4 is 18.5 Å². The van der Waals surface area contributed by atoms with Gasteiger partial charge in [0.05, 0.1) is 0 Å². The molecule has 0 aromatic carbocycles. The third-order valence-electron chi connectivity index (χ3n) is 5.28. The maximum Gasteiger partial charge on any atom is 0.103 e. The van der Waals surface area contributed by atoms with Crippen LogP contribution in [0.4, 0.5) is 0 Å². The summed E-state index contributed by atoms with van der Waals surface area (Å²) in [4.78, 5) is 4.44. The highest BCUT2D eigenvalue weighted by atomic mass is 32.1. The van der Waals surface area contributed by atoms with E-state index >= 15 is 0 Å². The van der Waals surface area contributed by atoms with Gasteiger partial charge in [0.25, 0.3) is 0 Å². The fourth-order valence-electron chi connectivity index (χ4n) is 5.08. The van der Waals surface area contributed by atoms with E-state index in [4.69, 9.17) is 5.73 Å². The van der Waals surface area contributed by atoms with Crippen LogP contribution in [0, 0.1) is 23.2 Å². The zero-order valence-corrected chi connectivity index (χ0v) is 11.5. The minimum Gasteiger partial charge on any atom is -0.387 e. The Kier molecular flexibility index (Phi) is 3.14. The number of nitrogens with zero attached hydrogens (tertiary/aromatic N) is 1. The largest absolute Gasteiger partial charge is 0.387 e. The summed E-state index contributed by atoms with van der Waals surface area (Å²) in [5.74, 6) is 4.45. The molecular formula is C14H24N2S. The van der Waals surface area contributed by atoms with Crippen molar-refractivity contribution < 1.29 is 0 Å². The maximum atomic E-state index is 5.72. The van der Waals surface area contributed by atoms with Crippen LogP contribution in [0.5, 0.6) is 0 Å². The molecule has 0 unspecified atom stereocenters. The van der Waals surface area contributed by atoms with E-state index in [-0.39, 0.29) is 0 Å². The lowest BCUT2D eigenvalue weighted by molar-refractivity contribution is -0.0556. The molecule has 0 heterocycles. The smallest absolute Gasteiger partial charge is 0.103 e. The van der Waals surface area contributed by atoms with Crippen LogP contribution < -0.4 is 5.73 Å². The van der Waals surface area contributed by atoms with Gasteiger partial charge in [0.15, 0.2) is 0 Å². The summed E-state index contributed by atoms with van der Waals surface area (Å²) in [6.45, 7) is 0.929. The first kappa shape index (κ1) is 11.9. The van der Waals surface area contributed by atoms with E-state index in [1.807, 2.05) is 0 Å². The van der Waals surface area contributed by atoms with Gasteiger partial charge in [0.2, 0.25) is 0 Å². The second kappa shape index (κ2) is 4.49. The summed E-state index contributed by atoms with van der Waals surface area (Å²) in [6, 6.07) is 0. The highest BCUT2D eigenvalue weighted by Crippen LogP contribution is 2.61. The first-order valence-corrected chi connectivity index (χ1v) is 7.72. The molecule has 4 saturated carbocycles. The van der Waals surface area contributed by atoms with Gasteiger partial charge in [-0.2, -0.15) is 12.6 Å². The molecule has 0 saturated heterocycles. The van der Waals surface area contributed by atoms with E-state index < -0.39 is 0 Å². The third kappa shape index (κ3) is 2.35. The van der Waals surface area contributed by atoms with Crippen LogP contribution in [0.3, 0.4) is 0 Å². The Bertz CT molecular complexity index is 289. The molecule has 0 aromatic heterocycles. The number of thiol groups is 1. The minimum atomic E-state index is 0.598. The topological polar surface area (TPSA) is 38.4 Å². The fourth-order valence-corrected chi connectivity index (χ4v) is 5.18. The molecule has 0 radical (unpaired) electrons. The van der Waals surface area contributed by atoms with Crippen molar-refractivity contribution in [3.63, 3.8) is 0 Å². The molecule has 2 N–H and O–H groups in total. The number of hydrogen-bond acceptors (Lipinski definition) is 2. The summed E-state index contributed by atoms with van der Waals surface area (Å²) in [6.07, 6.45) is 10.3. The molecular weight excluding hydrogens is 228 g/mol. The van der Waals surface area contributed by atoms with Crippen LogP contribution in [0.15, 0.2) is 4.99 Å². The van der Waals surface area contributed by atoms with Gasteiger partial charge in [-0.05, 0) is 68.1 Å². The second-order valence-corrected chi connectivity index (χ2v) is 7.01. The average Bonchev–Trinajstić information content (AvgIpc) is 2.26.